The van der Waals surface area contributed by atoms with Crippen LogP contribution in [0.15, 0.2) is 30.6 Å². The van der Waals surface area contributed by atoms with Gasteiger partial charge in [-0.05, 0) is 74.2 Å². The Morgan fingerprint density at radius 1 is 1.29 bits per heavy atom. The van der Waals surface area contributed by atoms with Gasteiger partial charge in [0.05, 0.1) is 18.9 Å². The Morgan fingerprint density at radius 3 is 2.76 bits per heavy atom. The first-order valence-electron chi connectivity index (χ1n) is 13.0. The number of carboxylic acid groups (broad SMARTS) is 1. The molecule has 34 heavy (non-hydrogen) atoms. The van der Waals surface area contributed by atoms with Gasteiger partial charge in [0.2, 0.25) is 0 Å². The molecule has 0 amide bonds. The molecule has 0 bridgehead atoms. The fourth-order valence-electron chi connectivity index (χ4n) is 7.21. The van der Waals surface area contributed by atoms with Gasteiger partial charge in [-0.1, -0.05) is 38.8 Å². The van der Waals surface area contributed by atoms with Gasteiger partial charge in [-0.15, -0.1) is 0 Å². The molecule has 3 unspecified atom stereocenters. The number of pyridine rings is 1. The van der Waals surface area contributed by atoms with Gasteiger partial charge < -0.3 is 19.3 Å². The van der Waals surface area contributed by atoms with Crippen molar-refractivity contribution in [2.75, 3.05) is 13.7 Å². The fraction of sp³-hybridized carbons (Fsp3) is 0.714. The number of hydrogen-bond donors (Lipinski definition) is 1. The Balaban J connectivity index is 1.41. The summed E-state index contributed by atoms with van der Waals surface area (Å²) >= 11 is 0. The van der Waals surface area contributed by atoms with E-state index in [9.17, 15) is 9.90 Å². The molecular weight excluding hydrogens is 430 g/mol. The average Bonchev–Trinajstić information content (AvgIpc) is 3.35. The molecule has 6 heteroatoms. The molecule has 1 aromatic rings. The number of carbonyl (C=O) groups is 1. The first-order valence-corrected chi connectivity index (χ1v) is 13.0. The Labute approximate surface area is 204 Å². The minimum Gasteiger partial charge on any atom is -0.491 e. The Morgan fingerprint density at radius 2 is 2.06 bits per heavy atom. The van der Waals surface area contributed by atoms with Crippen LogP contribution < -0.4 is 4.74 Å². The number of carboxylic acids is 1. The monoisotopic (exact) mass is 471 g/mol. The summed E-state index contributed by atoms with van der Waals surface area (Å²) in [6.45, 7) is 9.70. The molecule has 188 valence electrons. The average molecular weight is 472 g/mol. The molecular formula is C28H41NO5. The van der Waals surface area contributed by atoms with E-state index in [0.717, 1.165) is 32.1 Å². The highest BCUT2D eigenvalue weighted by molar-refractivity contribution is 5.90. The van der Waals surface area contributed by atoms with Crippen molar-refractivity contribution >= 4 is 5.97 Å². The second-order valence-electron chi connectivity index (χ2n) is 10.9. The topological polar surface area (TPSA) is 77.9 Å². The highest BCUT2D eigenvalue weighted by Crippen LogP contribution is 2.58. The van der Waals surface area contributed by atoms with Gasteiger partial charge in [0.1, 0.15) is 5.56 Å². The molecule has 3 saturated carbocycles. The molecule has 1 N–H and O–H groups in total. The predicted molar refractivity (Wildman–Crippen MR) is 131 cm³/mol. The van der Waals surface area contributed by atoms with Gasteiger partial charge in [-0.2, -0.15) is 0 Å². The van der Waals surface area contributed by atoms with Crippen LogP contribution in [0.2, 0.25) is 0 Å². The van der Waals surface area contributed by atoms with Crippen molar-refractivity contribution < 1.29 is 24.1 Å². The van der Waals surface area contributed by atoms with Crippen LogP contribution in [0.3, 0.4) is 0 Å². The number of hydrogen-bond acceptors (Lipinski definition) is 5. The minimum atomic E-state index is -0.995. The SMILES string of the molecule is C=C1CCC2[C@@H](C)C(O[C@@H](OC)C3CCCC3)CCC2(C)[C@@H]1CCOc1cnccc1C(=O)O. The van der Waals surface area contributed by atoms with Crippen molar-refractivity contribution in [3.63, 3.8) is 0 Å². The molecule has 0 aromatic carbocycles. The molecule has 1 heterocycles. The number of fused-ring (bicyclic) bond motifs is 1. The molecule has 3 aliphatic carbocycles. The zero-order chi connectivity index (χ0) is 24.3. The van der Waals surface area contributed by atoms with Crippen LogP contribution in [0, 0.1) is 29.1 Å². The molecule has 3 aliphatic rings. The third-order valence-corrected chi connectivity index (χ3v) is 9.11. The number of methoxy groups -OCH3 is 1. The summed E-state index contributed by atoms with van der Waals surface area (Å²) < 4.78 is 18.4. The number of nitrogens with zero attached hydrogens (tertiary/aromatic N) is 1. The van der Waals surface area contributed by atoms with Gasteiger partial charge in [0.15, 0.2) is 12.0 Å². The molecule has 0 radical (unpaired) electrons. The third-order valence-electron chi connectivity index (χ3n) is 9.11. The van der Waals surface area contributed by atoms with Crippen molar-refractivity contribution in [2.45, 2.75) is 84.0 Å². The van der Waals surface area contributed by atoms with E-state index in [1.54, 1.807) is 7.11 Å². The van der Waals surface area contributed by atoms with Gasteiger partial charge in [0.25, 0.3) is 0 Å². The van der Waals surface area contributed by atoms with Crippen molar-refractivity contribution in [3.8, 4) is 5.75 Å². The lowest BCUT2D eigenvalue weighted by atomic mass is 9.50. The number of ether oxygens (including phenoxy) is 3. The Hall–Kier alpha value is -1.92. The molecule has 6 atom stereocenters. The maximum atomic E-state index is 11.5. The summed E-state index contributed by atoms with van der Waals surface area (Å²) in [7, 11) is 1.79. The van der Waals surface area contributed by atoms with Crippen molar-refractivity contribution in [1.29, 1.82) is 0 Å². The highest BCUT2D eigenvalue weighted by atomic mass is 16.7. The summed E-state index contributed by atoms with van der Waals surface area (Å²) in [4.78, 5) is 15.5. The lowest BCUT2D eigenvalue weighted by Gasteiger charge is -2.56. The van der Waals surface area contributed by atoms with E-state index >= 15 is 0 Å². The van der Waals surface area contributed by atoms with Crippen LogP contribution >= 0.6 is 0 Å². The van der Waals surface area contributed by atoms with Gasteiger partial charge in [0, 0.05) is 19.2 Å². The van der Waals surface area contributed by atoms with E-state index in [-0.39, 0.29) is 23.4 Å². The summed E-state index contributed by atoms with van der Waals surface area (Å²) in [6.07, 6.45) is 13.3. The molecule has 1 aromatic heterocycles. The van der Waals surface area contributed by atoms with Gasteiger partial charge >= 0.3 is 5.97 Å². The van der Waals surface area contributed by atoms with E-state index in [1.165, 1.54) is 49.7 Å². The van der Waals surface area contributed by atoms with E-state index in [1.807, 2.05) is 0 Å². The molecule has 6 nitrogen and oxygen atoms in total. The van der Waals surface area contributed by atoms with Crippen molar-refractivity contribution in [1.82, 2.24) is 4.98 Å². The predicted octanol–water partition coefficient (Wildman–Crippen LogP) is 6.12. The van der Waals surface area contributed by atoms with Gasteiger partial charge in [-0.3, -0.25) is 4.98 Å². The standard InChI is InChI=1S/C28H41NO5/c1-18-9-10-23-19(2)24(34-27(32-4)20-7-5-6-8-20)11-14-28(23,3)22(18)13-16-33-25-17-29-15-12-21(25)26(30)31/h12,15,17,19-20,22-24,27H,1,5-11,13-14,16H2,2-4H3,(H,30,31)/t19-,22-,23?,24?,27-,28?/m1/s1. The zero-order valence-corrected chi connectivity index (χ0v) is 21.0. The van der Waals surface area contributed by atoms with Gasteiger partial charge in [-0.25, -0.2) is 4.79 Å². The second kappa shape index (κ2) is 10.8. The van der Waals surface area contributed by atoms with E-state index in [4.69, 9.17) is 14.2 Å². The van der Waals surface area contributed by atoms with E-state index in [2.05, 4.69) is 25.4 Å². The number of allylic oxidation sites excluding steroid dienone is 1. The summed E-state index contributed by atoms with van der Waals surface area (Å²) in [5, 5.41) is 9.41. The Bertz CT molecular complexity index is 866. The number of rotatable bonds is 9. The molecule has 3 fully saturated rings. The van der Waals surface area contributed by atoms with Crippen LogP contribution in [0.1, 0.15) is 82.0 Å². The lowest BCUT2D eigenvalue weighted by molar-refractivity contribution is -0.216. The highest BCUT2D eigenvalue weighted by Gasteiger charge is 2.52. The smallest absolute Gasteiger partial charge is 0.339 e. The maximum absolute atomic E-state index is 11.5. The normalized spacial score (nSPS) is 32.9. The van der Waals surface area contributed by atoms with Crippen molar-refractivity contribution in [2.24, 2.45) is 29.1 Å². The number of aromatic nitrogens is 1. The molecule has 0 saturated heterocycles. The maximum Gasteiger partial charge on any atom is 0.339 e. The van der Waals surface area contributed by atoms with Crippen LogP contribution in [0.5, 0.6) is 5.75 Å². The largest absolute Gasteiger partial charge is 0.491 e. The first-order chi connectivity index (χ1) is 16.3. The first kappa shape index (κ1) is 25.2. The van der Waals surface area contributed by atoms with E-state index in [0.29, 0.717) is 36.0 Å². The summed E-state index contributed by atoms with van der Waals surface area (Å²) in [5.41, 5.74) is 1.61. The summed E-state index contributed by atoms with van der Waals surface area (Å²) in [6, 6.07) is 1.48. The van der Waals surface area contributed by atoms with Crippen LogP contribution in [0.4, 0.5) is 0 Å². The van der Waals surface area contributed by atoms with Crippen LogP contribution in [-0.4, -0.2) is 42.2 Å². The number of aromatic carboxylic acids is 1. The zero-order valence-electron chi connectivity index (χ0n) is 21.0. The van der Waals surface area contributed by atoms with E-state index < -0.39 is 5.97 Å². The minimum absolute atomic E-state index is 0.0787. The van der Waals surface area contributed by atoms with Crippen molar-refractivity contribution in [3.05, 3.63) is 36.2 Å². The van der Waals surface area contributed by atoms with Crippen LogP contribution in [-0.2, 0) is 9.47 Å². The quantitative estimate of drug-likeness (QED) is 0.346. The van der Waals surface area contributed by atoms with Crippen LogP contribution in [0.25, 0.3) is 0 Å². The summed E-state index contributed by atoms with van der Waals surface area (Å²) in [5.74, 6) is 1.26. The fourth-order valence-corrected chi connectivity index (χ4v) is 7.21. The third kappa shape index (κ3) is 5.03. The molecule has 0 aliphatic heterocycles. The Kier molecular flexibility index (Phi) is 7.98. The lowest BCUT2D eigenvalue weighted by Crippen LogP contribution is -2.51. The second-order valence-corrected chi connectivity index (χ2v) is 10.9. The molecule has 0 spiro atoms. The molecule has 4 rings (SSSR count).